The molecule has 2 aromatic carbocycles. The van der Waals surface area contributed by atoms with Gasteiger partial charge in [-0.2, -0.15) is 13.5 Å². The van der Waals surface area contributed by atoms with Crippen molar-refractivity contribution >= 4 is 27.8 Å². The maximum Gasteiger partial charge on any atom is 0.277 e. The number of halogens is 1. The second-order valence-corrected chi connectivity index (χ2v) is 7.30. The van der Waals surface area contributed by atoms with Gasteiger partial charge in [0.1, 0.15) is 5.75 Å². The van der Waals surface area contributed by atoms with E-state index < -0.39 is 10.0 Å². The quantitative estimate of drug-likeness (QED) is 0.654. The maximum absolute atomic E-state index is 12.4. The van der Waals surface area contributed by atoms with Crippen molar-refractivity contribution in [3.05, 3.63) is 57.6 Å². The van der Waals surface area contributed by atoms with Gasteiger partial charge in [-0.3, -0.25) is 0 Å². The Morgan fingerprint density at radius 3 is 2.30 bits per heavy atom. The van der Waals surface area contributed by atoms with Crippen molar-refractivity contribution < 1.29 is 13.5 Å². The lowest BCUT2D eigenvalue weighted by Gasteiger charge is -2.11. The number of aromatic hydroxyl groups is 1. The normalized spacial score (nSPS) is 11.8. The summed E-state index contributed by atoms with van der Waals surface area (Å²) in [4.78, 5) is 2.42. The topological polar surface area (TPSA) is 78.8 Å². The highest BCUT2D eigenvalue weighted by molar-refractivity contribution is 7.89. The molecule has 0 saturated heterocycles. The smallest absolute Gasteiger partial charge is 0.277 e. The molecule has 0 bridgehead atoms. The Hall–Kier alpha value is -2.05. The van der Waals surface area contributed by atoms with Gasteiger partial charge in [-0.1, -0.05) is 29.3 Å². The summed E-state index contributed by atoms with van der Waals surface area (Å²) in [6.07, 6.45) is 1.32. The SMILES string of the molecule is Cc1cc(C)c(S(=O)(=O)N/N=C/c2ccc(O)c(Cl)c2)c(C)c1. The van der Waals surface area contributed by atoms with Crippen LogP contribution in [0.15, 0.2) is 40.3 Å². The molecule has 7 heteroatoms. The summed E-state index contributed by atoms with van der Waals surface area (Å²) in [7, 11) is -3.76. The molecule has 0 aliphatic carbocycles. The van der Waals surface area contributed by atoms with Gasteiger partial charge < -0.3 is 5.11 Å². The van der Waals surface area contributed by atoms with Crippen LogP contribution >= 0.6 is 11.6 Å². The molecule has 2 N–H and O–H groups in total. The minimum atomic E-state index is -3.76. The molecule has 23 heavy (non-hydrogen) atoms. The van der Waals surface area contributed by atoms with Gasteiger partial charge >= 0.3 is 0 Å². The number of rotatable bonds is 4. The second-order valence-electron chi connectivity index (χ2n) is 5.29. The van der Waals surface area contributed by atoms with Crippen LogP contribution in [0.3, 0.4) is 0 Å². The molecule has 2 rings (SSSR count). The lowest BCUT2D eigenvalue weighted by Crippen LogP contribution is -2.20. The van der Waals surface area contributed by atoms with Gasteiger partial charge in [-0.15, -0.1) is 0 Å². The first-order chi connectivity index (χ1) is 10.7. The number of phenolic OH excluding ortho intramolecular Hbond substituents is 1. The average Bonchev–Trinajstić information content (AvgIpc) is 2.41. The molecule has 0 aliphatic heterocycles. The minimum Gasteiger partial charge on any atom is -0.506 e. The van der Waals surface area contributed by atoms with Crippen LogP contribution in [0.5, 0.6) is 5.75 Å². The van der Waals surface area contributed by atoms with E-state index in [2.05, 4.69) is 9.93 Å². The molecular weight excluding hydrogens is 336 g/mol. The molecule has 2 aromatic rings. The van der Waals surface area contributed by atoms with Crippen molar-refractivity contribution in [2.45, 2.75) is 25.7 Å². The number of phenols is 1. The first-order valence-corrected chi connectivity index (χ1v) is 8.68. The summed E-state index contributed by atoms with van der Waals surface area (Å²) >= 11 is 5.78. The zero-order valence-corrected chi connectivity index (χ0v) is 14.5. The molecule has 122 valence electrons. The standard InChI is InChI=1S/C16H17ClN2O3S/c1-10-6-11(2)16(12(3)7-10)23(21,22)19-18-9-13-4-5-15(20)14(17)8-13/h4-9,19-20H,1-3H3/b18-9+. The van der Waals surface area contributed by atoms with Crippen LogP contribution in [0.1, 0.15) is 22.3 Å². The Bertz CT molecular complexity index is 854. The van der Waals surface area contributed by atoms with Crippen molar-refractivity contribution in [1.29, 1.82) is 0 Å². The Morgan fingerprint density at radius 1 is 1.13 bits per heavy atom. The van der Waals surface area contributed by atoms with E-state index >= 15 is 0 Å². The predicted octanol–water partition coefficient (Wildman–Crippen LogP) is 3.28. The van der Waals surface area contributed by atoms with E-state index in [0.29, 0.717) is 16.7 Å². The molecule has 0 amide bonds. The molecule has 0 unspecified atom stereocenters. The average molecular weight is 353 g/mol. The van der Waals surface area contributed by atoms with E-state index in [0.717, 1.165) is 5.56 Å². The summed E-state index contributed by atoms with van der Waals surface area (Å²) in [6.45, 7) is 5.41. The zero-order chi connectivity index (χ0) is 17.2. The molecule has 0 spiro atoms. The van der Waals surface area contributed by atoms with Gasteiger partial charge in [0.25, 0.3) is 10.0 Å². The van der Waals surface area contributed by atoms with Gasteiger partial charge in [0, 0.05) is 0 Å². The lowest BCUT2D eigenvalue weighted by molar-refractivity contribution is 0.475. The van der Waals surface area contributed by atoms with E-state index in [9.17, 15) is 13.5 Å². The van der Waals surface area contributed by atoms with Crippen LogP contribution in [0.25, 0.3) is 0 Å². The predicted molar refractivity (Wildman–Crippen MR) is 91.7 cm³/mol. The van der Waals surface area contributed by atoms with Crippen molar-refractivity contribution in [2.75, 3.05) is 0 Å². The van der Waals surface area contributed by atoms with Crippen LogP contribution in [-0.2, 0) is 10.0 Å². The van der Waals surface area contributed by atoms with Crippen molar-refractivity contribution in [3.8, 4) is 5.75 Å². The Kier molecular flexibility index (Phi) is 4.97. The highest BCUT2D eigenvalue weighted by Crippen LogP contribution is 2.23. The Labute approximate surface area is 140 Å². The first-order valence-electron chi connectivity index (χ1n) is 6.82. The molecule has 5 nitrogen and oxygen atoms in total. The monoisotopic (exact) mass is 352 g/mol. The molecule has 0 fully saturated rings. The third kappa shape index (κ3) is 4.03. The van der Waals surface area contributed by atoms with Crippen LogP contribution in [0, 0.1) is 20.8 Å². The molecule has 0 heterocycles. The molecule has 0 aliphatic rings. The number of sulfonamides is 1. The third-order valence-corrected chi connectivity index (χ3v) is 5.06. The van der Waals surface area contributed by atoms with Crippen molar-refractivity contribution in [3.63, 3.8) is 0 Å². The summed E-state index contributed by atoms with van der Waals surface area (Å²) in [5, 5.41) is 13.3. The number of hydrogen-bond acceptors (Lipinski definition) is 4. The second kappa shape index (κ2) is 6.60. The van der Waals surface area contributed by atoms with Crippen LogP contribution < -0.4 is 4.83 Å². The number of benzene rings is 2. The van der Waals surface area contributed by atoms with E-state index in [1.54, 1.807) is 19.9 Å². The molecule has 0 atom stereocenters. The first kappa shape index (κ1) is 17.3. The summed E-state index contributed by atoms with van der Waals surface area (Å²) < 4.78 is 24.8. The molecule has 0 radical (unpaired) electrons. The van der Waals surface area contributed by atoms with E-state index in [1.807, 2.05) is 19.1 Å². The summed E-state index contributed by atoms with van der Waals surface area (Å²) in [6, 6.07) is 8.08. The van der Waals surface area contributed by atoms with Crippen LogP contribution in [0.2, 0.25) is 5.02 Å². The summed E-state index contributed by atoms with van der Waals surface area (Å²) in [5.74, 6) is -0.0460. The van der Waals surface area contributed by atoms with Gasteiger partial charge in [-0.05, 0) is 55.7 Å². The van der Waals surface area contributed by atoms with E-state index in [4.69, 9.17) is 11.6 Å². The van der Waals surface area contributed by atoms with E-state index in [1.165, 1.54) is 18.3 Å². The fraction of sp³-hybridized carbons (Fsp3) is 0.188. The maximum atomic E-state index is 12.4. The largest absolute Gasteiger partial charge is 0.506 e. The number of aryl methyl sites for hydroxylation is 3. The van der Waals surface area contributed by atoms with Gasteiger partial charge in [0.2, 0.25) is 0 Å². The Morgan fingerprint density at radius 2 is 1.74 bits per heavy atom. The van der Waals surface area contributed by atoms with Gasteiger partial charge in [0.05, 0.1) is 16.1 Å². The van der Waals surface area contributed by atoms with E-state index in [-0.39, 0.29) is 15.7 Å². The number of nitrogens with one attached hydrogen (secondary N) is 1. The van der Waals surface area contributed by atoms with Crippen molar-refractivity contribution in [1.82, 2.24) is 4.83 Å². The minimum absolute atomic E-state index is 0.0460. The van der Waals surface area contributed by atoms with Gasteiger partial charge in [0.15, 0.2) is 0 Å². The molecule has 0 aromatic heterocycles. The van der Waals surface area contributed by atoms with Gasteiger partial charge in [-0.25, -0.2) is 4.83 Å². The fourth-order valence-corrected chi connectivity index (χ4v) is 3.85. The van der Waals surface area contributed by atoms with Crippen LogP contribution in [0.4, 0.5) is 0 Å². The summed E-state index contributed by atoms with van der Waals surface area (Å²) in [5.41, 5.74) is 2.89. The highest BCUT2D eigenvalue weighted by Gasteiger charge is 2.19. The molecule has 0 saturated carbocycles. The number of nitrogens with zero attached hydrogens (tertiary/aromatic N) is 1. The van der Waals surface area contributed by atoms with Crippen molar-refractivity contribution in [2.24, 2.45) is 5.10 Å². The third-order valence-electron chi connectivity index (χ3n) is 3.23. The lowest BCUT2D eigenvalue weighted by atomic mass is 10.1. The number of hydrogen-bond donors (Lipinski definition) is 2. The fourth-order valence-electron chi connectivity index (χ4n) is 2.41. The molecular formula is C16H17ClN2O3S. The highest BCUT2D eigenvalue weighted by atomic mass is 35.5. The Balaban J connectivity index is 2.25. The number of hydrazone groups is 1. The van der Waals surface area contributed by atoms with Crippen LogP contribution in [-0.4, -0.2) is 19.7 Å². The zero-order valence-electron chi connectivity index (χ0n) is 13.0.